The van der Waals surface area contributed by atoms with E-state index in [0.717, 1.165) is 62.7 Å². The Morgan fingerprint density at radius 1 is 0.947 bits per heavy atom. The summed E-state index contributed by atoms with van der Waals surface area (Å²) in [6.07, 6.45) is 4.93. The van der Waals surface area contributed by atoms with Crippen molar-refractivity contribution in [3.63, 3.8) is 0 Å². The molecule has 3 aromatic heterocycles. The molecule has 5 heterocycles. The van der Waals surface area contributed by atoms with Crippen LogP contribution in [0.1, 0.15) is 46.3 Å². The van der Waals surface area contributed by atoms with Crippen LogP contribution in [0, 0.1) is 0 Å². The van der Waals surface area contributed by atoms with Crippen molar-refractivity contribution >= 4 is 66.3 Å². The van der Waals surface area contributed by atoms with Crippen molar-refractivity contribution in [2.24, 2.45) is 10.2 Å². The van der Waals surface area contributed by atoms with Crippen LogP contribution in [0.5, 0.6) is 0 Å². The maximum absolute atomic E-state index is 13.5. The Kier molecular flexibility index (Phi) is 5.36. The number of Topliss-reactive ketones (excluding diaryl/α,β-unsaturated/α-hetero) is 1. The predicted molar refractivity (Wildman–Crippen MR) is 150 cm³/mol. The number of benzene rings is 2. The van der Waals surface area contributed by atoms with Gasteiger partial charge in [-0.1, -0.05) is 11.3 Å². The highest BCUT2D eigenvalue weighted by Gasteiger charge is 2.28. The van der Waals surface area contributed by atoms with E-state index in [1.54, 1.807) is 24.5 Å². The summed E-state index contributed by atoms with van der Waals surface area (Å²) in [5, 5.41) is 12.5. The number of nitrogens with zero attached hydrogens (tertiary/aromatic N) is 5. The number of azo groups is 1. The number of aromatic nitrogens is 3. The van der Waals surface area contributed by atoms with Crippen LogP contribution in [0.25, 0.3) is 21.8 Å². The molecule has 0 radical (unpaired) electrons. The van der Waals surface area contributed by atoms with Gasteiger partial charge in [-0.25, -0.2) is 4.98 Å². The summed E-state index contributed by atoms with van der Waals surface area (Å²) in [5.74, 6) is -0.0827. The number of carbonyl (C=O) groups excluding carboxylic acids is 2. The van der Waals surface area contributed by atoms with Gasteiger partial charge in [0.05, 0.1) is 17.6 Å². The van der Waals surface area contributed by atoms with Crippen molar-refractivity contribution in [2.75, 3.05) is 29.4 Å². The first-order chi connectivity index (χ1) is 18.5. The molecule has 10 heteroatoms. The van der Waals surface area contributed by atoms with Crippen LogP contribution in [0.2, 0.25) is 0 Å². The number of thiazole rings is 1. The van der Waals surface area contributed by atoms with Gasteiger partial charge in [0.2, 0.25) is 0 Å². The van der Waals surface area contributed by atoms with Gasteiger partial charge in [0, 0.05) is 54.1 Å². The maximum atomic E-state index is 13.5. The fourth-order valence-electron chi connectivity index (χ4n) is 5.42. The second kappa shape index (κ2) is 8.91. The Labute approximate surface area is 222 Å². The smallest absolute Gasteiger partial charge is 0.274 e. The molecule has 5 aromatic rings. The highest BCUT2D eigenvalue weighted by molar-refractivity contribution is 7.19. The van der Waals surface area contributed by atoms with E-state index in [-0.39, 0.29) is 11.7 Å². The molecule has 9 nitrogen and oxygen atoms in total. The minimum Gasteiger partial charge on any atom is -0.352 e. The van der Waals surface area contributed by atoms with Gasteiger partial charge in [-0.2, -0.15) is 0 Å². The van der Waals surface area contributed by atoms with Crippen LogP contribution < -0.4 is 9.80 Å². The van der Waals surface area contributed by atoms with Crippen LogP contribution >= 0.6 is 11.3 Å². The molecule has 7 rings (SSSR count). The van der Waals surface area contributed by atoms with Crippen molar-refractivity contribution in [1.82, 2.24) is 15.0 Å². The predicted octanol–water partition coefficient (Wildman–Crippen LogP) is 6.53. The second-order valence-electron chi connectivity index (χ2n) is 9.80. The minimum absolute atomic E-state index is 0.00301. The van der Waals surface area contributed by atoms with Crippen LogP contribution in [0.4, 0.5) is 21.5 Å². The molecular formula is C28H25N7O2S. The third kappa shape index (κ3) is 3.88. The molecule has 0 saturated carbocycles. The molecule has 2 N–H and O–H groups in total. The Hall–Kier alpha value is -4.31. The van der Waals surface area contributed by atoms with E-state index in [0.29, 0.717) is 23.6 Å². The Balaban J connectivity index is 1.12. The zero-order valence-corrected chi connectivity index (χ0v) is 21.6. The summed E-state index contributed by atoms with van der Waals surface area (Å²) >= 11 is 1.55. The highest BCUT2D eigenvalue weighted by atomic mass is 32.1. The van der Waals surface area contributed by atoms with E-state index in [9.17, 15) is 9.59 Å². The summed E-state index contributed by atoms with van der Waals surface area (Å²) < 4.78 is 0. The third-order valence-electron chi connectivity index (χ3n) is 7.35. The molecule has 0 spiro atoms. The average molecular weight is 524 g/mol. The molecule has 1 saturated heterocycles. The molecular weight excluding hydrogens is 498 g/mol. The number of hydrogen-bond donors (Lipinski definition) is 2. The Morgan fingerprint density at radius 2 is 1.76 bits per heavy atom. The number of hydrogen-bond acceptors (Lipinski definition) is 7. The molecule has 2 aromatic carbocycles. The van der Waals surface area contributed by atoms with Gasteiger partial charge in [-0.15, -0.1) is 10.2 Å². The minimum atomic E-state index is -0.0797. The molecule has 0 bridgehead atoms. The van der Waals surface area contributed by atoms with Gasteiger partial charge in [0.15, 0.2) is 15.9 Å². The van der Waals surface area contributed by atoms with E-state index >= 15 is 0 Å². The number of carbonyl (C=O) groups is 2. The second-order valence-corrected chi connectivity index (χ2v) is 10.8. The molecule has 0 unspecified atom stereocenters. The molecule has 38 heavy (non-hydrogen) atoms. The fraction of sp³-hybridized carbons (Fsp3) is 0.250. The van der Waals surface area contributed by atoms with Crippen LogP contribution in [0.3, 0.4) is 0 Å². The summed E-state index contributed by atoms with van der Waals surface area (Å²) in [7, 11) is 0. The molecule has 2 aliphatic rings. The fourth-order valence-corrected chi connectivity index (χ4v) is 6.21. The van der Waals surface area contributed by atoms with Crippen molar-refractivity contribution in [2.45, 2.75) is 26.2 Å². The SMILES string of the molecule is CC(=O)c1cc2c3c(ccc2[nH]1)N(C(=O)c1cc2cc(N=Nc4cnc(N5CCCC5)s4)ccc2[nH]1)CC3. The number of fused-ring (bicyclic) bond motifs is 4. The lowest BCUT2D eigenvalue weighted by Gasteiger charge is -2.16. The maximum Gasteiger partial charge on any atom is 0.274 e. The van der Waals surface area contributed by atoms with Crippen molar-refractivity contribution in [3.8, 4) is 0 Å². The van der Waals surface area contributed by atoms with E-state index in [1.807, 2.05) is 47.4 Å². The van der Waals surface area contributed by atoms with Gasteiger partial charge in [0.1, 0.15) is 5.69 Å². The van der Waals surface area contributed by atoms with E-state index in [1.165, 1.54) is 12.8 Å². The number of amides is 1. The lowest BCUT2D eigenvalue weighted by molar-refractivity contribution is 0.0983. The molecule has 0 atom stereocenters. The van der Waals surface area contributed by atoms with Crippen LogP contribution in [0.15, 0.2) is 58.9 Å². The lowest BCUT2D eigenvalue weighted by Crippen LogP contribution is -2.29. The number of H-pyrrole nitrogens is 2. The summed E-state index contributed by atoms with van der Waals surface area (Å²) in [6.45, 7) is 4.25. The van der Waals surface area contributed by atoms with Crippen LogP contribution in [-0.2, 0) is 6.42 Å². The van der Waals surface area contributed by atoms with Crippen molar-refractivity contribution in [1.29, 1.82) is 0 Å². The van der Waals surface area contributed by atoms with Gasteiger partial charge in [-0.05, 0) is 67.3 Å². The normalized spacial score (nSPS) is 15.4. The summed E-state index contributed by atoms with van der Waals surface area (Å²) in [5.41, 5.74) is 5.60. The van der Waals surface area contributed by atoms with Crippen molar-refractivity contribution in [3.05, 3.63) is 65.6 Å². The largest absolute Gasteiger partial charge is 0.352 e. The molecule has 2 aliphatic heterocycles. The van der Waals surface area contributed by atoms with E-state index in [4.69, 9.17) is 0 Å². The first-order valence-electron chi connectivity index (χ1n) is 12.8. The Morgan fingerprint density at radius 3 is 2.61 bits per heavy atom. The van der Waals surface area contributed by atoms with Gasteiger partial charge >= 0.3 is 0 Å². The number of aromatic amines is 2. The average Bonchev–Trinajstić information content (AvgIpc) is 3.74. The summed E-state index contributed by atoms with van der Waals surface area (Å²) in [6, 6.07) is 13.4. The Bertz CT molecular complexity index is 1760. The van der Waals surface area contributed by atoms with E-state index < -0.39 is 0 Å². The van der Waals surface area contributed by atoms with Gasteiger partial charge in [0.25, 0.3) is 5.91 Å². The molecule has 190 valence electrons. The topological polar surface area (TPSA) is 110 Å². The standard InChI is InChI=1S/C28H25N7O2S/c1-16(36)23-14-20-19-8-11-35(25(19)7-6-22(20)31-23)27(37)24-13-17-12-18(4-5-21(17)30-24)32-33-26-15-29-28(38-26)34-9-2-3-10-34/h4-7,12-15,30-31H,2-3,8-11H2,1H3. The zero-order valence-electron chi connectivity index (χ0n) is 20.8. The first-order valence-corrected chi connectivity index (χ1v) is 13.6. The number of nitrogens with one attached hydrogen (secondary N) is 2. The lowest BCUT2D eigenvalue weighted by atomic mass is 10.1. The monoisotopic (exact) mass is 523 g/mol. The number of anilines is 2. The first kappa shape index (κ1) is 22.9. The highest BCUT2D eigenvalue weighted by Crippen LogP contribution is 2.36. The van der Waals surface area contributed by atoms with Gasteiger partial charge in [-0.3, -0.25) is 9.59 Å². The zero-order chi connectivity index (χ0) is 25.8. The molecule has 1 fully saturated rings. The molecule has 1 amide bonds. The van der Waals surface area contributed by atoms with Gasteiger partial charge < -0.3 is 19.8 Å². The number of ketones is 1. The molecule has 0 aliphatic carbocycles. The van der Waals surface area contributed by atoms with Crippen molar-refractivity contribution < 1.29 is 9.59 Å². The third-order valence-corrected chi connectivity index (χ3v) is 8.29. The van der Waals surface area contributed by atoms with E-state index in [2.05, 4.69) is 30.1 Å². The summed E-state index contributed by atoms with van der Waals surface area (Å²) in [4.78, 5) is 40.4. The quantitative estimate of drug-likeness (QED) is 0.202. The number of rotatable bonds is 5. The van der Waals surface area contributed by atoms with Crippen LogP contribution in [-0.4, -0.2) is 46.3 Å².